The molecule has 1 N–H and O–H groups in total. The van der Waals surface area contributed by atoms with Crippen LogP contribution in [0.4, 0.5) is 0 Å². The highest BCUT2D eigenvalue weighted by Crippen LogP contribution is 2.28. The summed E-state index contributed by atoms with van der Waals surface area (Å²) in [5.41, 5.74) is -0.00711. The van der Waals surface area contributed by atoms with E-state index < -0.39 is 0 Å². The standard InChI is InChI=1S/C11H22N2O/c1-3-4-10-5-7-12-11(14-10)6-8-13(2)9-11/h10,12H,3-9H2,1-2H3. The number of hydrogen-bond acceptors (Lipinski definition) is 3. The molecule has 0 aromatic rings. The van der Waals surface area contributed by atoms with Crippen molar-refractivity contribution < 1.29 is 4.74 Å². The summed E-state index contributed by atoms with van der Waals surface area (Å²) in [4.78, 5) is 2.35. The minimum atomic E-state index is -0.00711. The number of ether oxygens (including phenoxy) is 1. The Morgan fingerprint density at radius 3 is 3.07 bits per heavy atom. The number of likely N-dealkylation sites (N-methyl/N-ethyl adjacent to an activating group) is 1. The molecular weight excluding hydrogens is 176 g/mol. The molecular formula is C11H22N2O. The van der Waals surface area contributed by atoms with Gasteiger partial charge < -0.3 is 9.64 Å². The van der Waals surface area contributed by atoms with E-state index in [2.05, 4.69) is 24.2 Å². The van der Waals surface area contributed by atoms with Crippen molar-refractivity contribution in [1.29, 1.82) is 0 Å². The van der Waals surface area contributed by atoms with Crippen LogP contribution in [-0.2, 0) is 4.74 Å². The van der Waals surface area contributed by atoms with Crippen LogP contribution in [0.2, 0.25) is 0 Å². The molecule has 2 fully saturated rings. The summed E-state index contributed by atoms with van der Waals surface area (Å²) in [5, 5.41) is 3.55. The molecule has 14 heavy (non-hydrogen) atoms. The molecule has 2 heterocycles. The fourth-order valence-corrected chi connectivity index (χ4v) is 2.61. The van der Waals surface area contributed by atoms with Crippen LogP contribution in [-0.4, -0.2) is 43.4 Å². The Morgan fingerprint density at radius 2 is 2.43 bits per heavy atom. The zero-order chi connectivity index (χ0) is 10.0. The first-order valence-electron chi connectivity index (χ1n) is 5.85. The van der Waals surface area contributed by atoms with E-state index in [-0.39, 0.29) is 5.72 Å². The SMILES string of the molecule is CCCC1CCNC2(CCN(C)C2)O1. The van der Waals surface area contributed by atoms with Crippen LogP contribution >= 0.6 is 0 Å². The van der Waals surface area contributed by atoms with Gasteiger partial charge in [-0.1, -0.05) is 13.3 Å². The summed E-state index contributed by atoms with van der Waals surface area (Å²) in [6, 6.07) is 0. The number of likely N-dealkylation sites (tertiary alicyclic amines) is 1. The first-order valence-corrected chi connectivity index (χ1v) is 5.85. The molecule has 3 nitrogen and oxygen atoms in total. The van der Waals surface area contributed by atoms with Crippen molar-refractivity contribution in [2.24, 2.45) is 0 Å². The number of nitrogens with zero attached hydrogens (tertiary/aromatic N) is 1. The Kier molecular flexibility index (Phi) is 3.10. The predicted molar refractivity (Wildman–Crippen MR) is 57.2 cm³/mol. The largest absolute Gasteiger partial charge is 0.356 e. The zero-order valence-corrected chi connectivity index (χ0v) is 9.38. The molecule has 0 aliphatic carbocycles. The summed E-state index contributed by atoms with van der Waals surface area (Å²) < 4.78 is 6.19. The highest BCUT2D eigenvalue weighted by Gasteiger charge is 2.41. The summed E-state index contributed by atoms with van der Waals surface area (Å²) in [5.74, 6) is 0. The van der Waals surface area contributed by atoms with Gasteiger partial charge in [0.2, 0.25) is 0 Å². The highest BCUT2D eigenvalue weighted by molar-refractivity contribution is 4.92. The van der Waals surface area contributed by atoms with Crippen molar-refractivity contribution in [3.8, 4) is 0 Å². The minimum absolute atomic E-state index is 0.00711. The van der Waals surface area contributed by atoms with Gasteiger partial charge in [-0.2, -0.15) is 0 Å². The molecule has 0 saturated carbocycles. The summed E-state index contributed by atoms with van der Waals surface area (Å²) in [6.45, 7) is 5.57. The molecule has 0 amide bonds. The zero-order valence-electron chi connectivity index (χ0n) is 9.38. The van der Waals surface area contributed by atoms with E-state index >= 15 is 0 Å². The van der Waals surface area contributed by atoms with Crippen molar-refractivity contribution in [3.05, 3.63) is 0 Å². The number of nitrogens with one attached hydrogen (secondary N) is 1. The molecule has 2 aliphatic rings. The molecule has 0 aromatic heterocycles. The third kappa shape index (κ3) is 2.10. The van der Waals surface area contributed by atoms with Crippen LogP contribution < -0.4 is 5.32 Å². The van der Waals surface area contributed by atoms with E-state index in [0.717, 1.165) is 26.1 Å². The van der Waals surface area contributed by atoms with Gasteiger partial charge in [0, 0.05) is 26.1 Å². The maximum absolute atomic E-state index is 6.19. The van der Waals surface area contributed by atoms with Crippen LogP contribution in [0, 0.1) is 0 Å². The second-order valence-corrected chi connectivity index (χ2v) is 4.73. The molecule has 2 atom stereocenters. The highest BCUT2D eigenvalue weighted by atomic mass is 16.5. The molecule has 82 valence electrons. The Bertz CT molecular complexity index is 192. The first kappa shape index (κ1) is 10.4. The van der Waals surface area contributed by atoms with Crippen molar-refractivity contribution in [1.82, 2.24) is 10.2 Å². The predicted octanol–water partition coefficient (Wildman–Crippen LogP) is 1.20. The molecule has 2 saturated heterocycles. The Labute approximate surface area is 86.8 Å². The average molecular weight is 198 g/mol. The van der Waals surface area contributed by atoms with Crippen molar-refractivity contribution in [2.75, 3.05) is 26.7 Å². The lowest BCUT2D eigenvalue weighted by atomic mass is 10.1. The van der Waals surface area contributed by atoms with Crippen molar-refractivity contribution in [2.45, 2.75) is 44.4 Å². The second kappa shape index (κ2) is 4.17. The Balaban J connectivity index is 1.93. The van der Waals surface area contributed by atoms with Crippen LogP contribution in [0.25, 0.3) is 0 Å². The Hall–Kier alpha value is -0.120. The second-order valence-electron chi connectivity index (χ2n) is 4.73. The fourth-order valence-electron chi connectivity index (χ4n) is 2.61. The smallest absolute Gasteiger partial charge is 0.133 e. The lowest BCUT2D eigenvalue weighted by molar-refractivity contribution is -0.136. The molecule has 2 unspecified atom stereocenters. The van der Waals surface area contributed by atoms with Gasteiger partial charge in [-0.3, -0.25) is 5.32 Å². The van der Waals surface area contributed by atoms with Crippen LogP contribution in [0.5, 0.6) is 0 Å². The van der Waals surface area contributed by atoms with E-state index in [9.17, 15) is 0 Å². The van der Waals surface area contributed by atoms with Gasteiger partial charge in [0.05, 0.1) is 6.10 Å². The van der Waals surface area contributed by atoms with Gasteiger partial charge >= 0.3 is 0 Å². The fraction of sp³-hybridized carbons (Fsp3) is 1.00. The topological polar surface area (TPSA) is 24.5 Å². The number of hydrogen-bond donors (Lipinski definition) is 1. The van der Waals surface area contributed by atoms with Gasteiger partial charge in [0.15, 0.2) is 0 Å². The third-order valence-electron chi connectivity index (χ3n) is 3.34. The van der Waals surface area contributed by atoms with Crippen LogP contribution in [0.1, 0.15) is 32.6 Å². The van der Waals surface area contributed by atoms with Crippen molar-refractivity contribution >= 4 is 0 Å². The van der Waals surface area contributed by atoms with Crippen LogP contribution in [0.3, 0.4) is 0 Å². The third-order valence-corrected chi connectivity index (χ3v) is 3.34. The van der Waals surface area contributed by atoms with E-state index in [1.54, 1.807) is 0 Å². The summed E-state index contributed by atoms with van der Waals surface area (Å²) in [6.07, 6.45) is 5.26. The van der Waals surface area contributed by atoms with Gasteiger partial charge in [0.1, 0.15) is 5.72 Å². The van der Waals surface area contributed by atoms with E-state index in [4.69, 9.17) is 4.74 Å². The lowest BCUT2D eigenvalue weighted by Gasteiger charge is -2.39. The van der Waals surface area contributed by atoms with Gasteiger partial charge in [-0.05, 0) is 19.9 Å². The van der Waals surface area contributed by atoms with Gasteiger partial charge in [0.25, 0.3) is 0 Å². The first-order chi connectivity index (χ1) is 6.74. The summed E-state index contributed by atoms with van der Waals surface area (Å²) >= 11 is 0. The monoisotopic (exact) mass is 198 g/mol. The Morgan fingerprint density at radius 1 is 1.57 bits per heavy atom. The molecule has 1 spiro atoms. The lowest BCUT2D eigenvalue weighted by Crippen LogP contribution is -2.56. The molecule has 2 aliphatic heterocycles. The van der Waals surface area contributed by atoms with E-state index in [1.807, 2.05) is 0 Å². The maximum atomic E-state index is 6.19. The quantitative estimate of drug-likeness (QED) is 0.721. The van der Waals surface area contributed by atoms with E-state index in [1.165, 1.54) is 19.3 Å². The number of rotatable bonds is 2. The van der Waals surface area contributed by atoms with Gasteiger partial charge in [-0.25, -0.2) is 0 Å². The van der Waals surface area contributed by atoms with Gasteiger partial charge in [-0.15, -0.1) is 0 Å². The molecule has 3 heteroatoms. The molecule has 0 bridgehead atoms. The maximum Gasteiger partial charge on any atom is 0.133 e. The molecule has 2 rings (SSSR count). The van der Waals surface area contributed by atoms with Crippen molar-refractivity contribution in [3.63, 3.8) is 0 Å². The normalized spacial score (nSPS) is 39.4. The molecule has 0 radical (unpaired) electrons. The molecule has 0 aromatic carbocycles. The average Bonchev–Trinajstić information content (AvgIpc) is 2.48. The minimum Gasteiger partial charge on any atom is -0.356 e. The van der Waals surface area contributed by atoms with E-state index in [0.29, 0.717) is 6.10 Å². The van der Waals surface area contributed by atoms with Crippen LogP contribution in [0.15, 0.2) is 0 Å². The summed E-state index contributed by atoms with van der Waals surface area (Å²) in [7, 11) is 2.17.